The molecule has 2 fully saturated rings. The Morgan fingerprint density at radius 2 is 2.00 bits per heavy atom. The van der Waals surface area contributed by atoms with Gasteiger partial charge in [0.1, 0.15) is 17.3 Å². The van der Waals surface area contributed by atoms with Crippen LogP contribution < -0.4 is 20.5 Å². The summed E-state index contributed by atoms with van der Waals surface area (Å²) < 4.78 is 21.5. The minimum Gasteiger partial charge on any atom is -0.497 e. The van der Waals surface area contributed by atoms with Gasteiger partial charge in [-0.2, -0.15) is 0 Å². The first-order chi connectivity index (χ1) is 12.9. The van der Waals surface area contributed by atoms with Crippen molar-refractivity contribution in [1.82, 2.24) is 4.57 Å². The Bertz CT molecular complexity index is 961. The van der Waals surface area contributed by atoms with Crippen LogP contribution in [0.3, 0.4) is 0 Å². The molecular formula is C20H22FN2O3P. The van der Waals surface area contributed by atoms with Gasteiger partial charge < -0.3 is 14.2 Å². The molecule has 1 aliphatic carbocycles. The highest BCUT2D eigenvalue weighted by Crippen LogP contribution is 2.36. The van der Waals surface area contributed by atoms with Crippen LogP contribution in [0.15, 0.2) is 29.2 Å². The molecule has 5 nitrogen and oxygen atoms in total. The molecule has 7 heteroatoms. The van der Waals surface area contributed by atoms with Crippen molar-refractivity contribution < 1.29 is 13.9 Å². The topological polar surface area (TPSA) is 51.5 Å². The number of nitrogens with zero attached hydrogens (tertiary/aromatic N) is 2. The second-order valence-corrected chi connectivity index (χ2v) is 7.93. The monoisotopic (exact) mass is 388 g/mol. The van der Waals surface area contributed by atoms with E-state index in [1.165, 1.54) is 18.1 Å². The molecule has 4 rings (SSSR count). The SMILES string of the molecule is COc1cc(F)c([C@H]2CC(=O)N(c3c(C)ccn(C4CC4)c3=O)C2)c(P)c1. The number of benzene rings is 1. The number of hydrogen-bond donors (Lipinski definition) is 0. The first-order valence-corrected chi connectivity index (χ1v) is 9.63. The highest BCUT2D eigenvalue weighted by atomic mass is 31.0. The van der Waals surface area contributed by atoms with Gasteiger partial charge in [0, 0.05) is 42.8 Å². The predicted octanol–water partition coefficient (Wildman–Crippen LogP) is 2.66. The number of ether oxygens (including phenoxy) is 1. The van der Waals surface area contributed by atoms with Crippen molar-refractivity contribution in [2.45, 2.75) is 38.1 Å². The van der Waals surface area contributed by atoms with Crippen LogP contribution in [0.5, 0.6) is 5.75 Å². The second kappa shape index (κ2) is 6.75. The molecule has 1 aromatic carbocycles. The van der Waals surface area contributed by atoms with Crippen LogP contribution in [0.1, 0.15) is 42.3 Å². The largest absolute Gasteiger partial charge is 0.497 e. The van der Waals surface area contributed by atoms with Crippen molar-refractivity contribution in [3.8, 4) is 5.75 Å². The zero-order chi connectivity index (χ0) is 19.3. The molecule has 142 valence electrons. The lowest BCUT2D eigenvalue weighted by Crippen LogP contribution is -2.34. The van der Waals surface area contributed by atoms with Crippen LogP contribution in [0.2, 0.25) is 0 Å². The van der Waals surface area contributed by atoms with Gasteiger partial charge in [0.25, 0.3) is 5.56 Å². The van der Waals surface area contributed by atoms with Crippen molar-refractivity contribution in [3.05, 3.63) is 51.7 Å². The number of pyridine rings is 1. The van der Waals surface area contributed by atoms with E-state index in [2.05, 4.69) is 9.24 Å². The molecule has 1 saturated heterocycles. The number of rotatable bonds is 4. The van der Waals surface area contributed by atoms with E-state index in [1.807, 2.05) is 13.0 Å². The van der Waals surface area contributed by atoms with Crippen LogP contribution in [-0.4, -0.2) is 24.1 Å². The predicted molar refractivity (Wildman–Crippen MR) is 106 cm³/mol. The van der Waals surface area contributed by atoms with E-state index in [0.29, 0.717) is 28.8 Å². The fourth-order valence-corrected chi connectivity index (χ4v) is 4.41. The number of methoxy groups -OCH3 is 1. The normalized spacial score (nSPS) is 19.6. The number of aryl methyl sites for hydroxylation is 1. The average Bonchev–Trinajstić information content (AvgIpc) is 3.38. The first kappa shape index (κ1) is 18.2. The standard InChI is InChI=1S/C20H22FN2O3P/c1-11-5-6-22(13-3-4-13)20(25)19(11)23-10-12(7-17(23)24)18-15(21)8-14(26-2)9-16(18)27/h5-6,8-9,12-13H,3-4,7,10,27H2,1-2H3/t12-/m0/s1. The number of amides is 1. The number of halogens is 1. The first-order valence-electron chi connectivity index (χ1n) is 9.05. The quantitative estimate of drug-likeness (QED) is 0.757. The summed E-state index contributed by atoms with van der Waals surface area (Å²) in [6.07, 6.45) is 3.97. The van der Waals surface area contributed by atoms with Crippen molar-refractivity contribution in [1.29, 1.82) is 0 Å². The number of carbonyl (C=O) groups excluding carboxylic acids is 1. The summed E-state index contributed by atoms with van der Waals surface area (Å²) in [5.41, 5.74) is 1.56. The lowest BCUT2D eigenvalue weighted by Gasteiger charge is -2.20. The molecule has 0 bridgehead atoms. The molecule has 1 saturated carbocycles. The van der Waals surface area contributed by atoms with Crippen LogP contribution in [0.4, 0.5) is 10.1 Å². The third-order valence-corrected chi connectivity index (χ3v) is 5.89. The summed E-state index contributed by atoms with van der Waals surface area (Å²) in [6.45, 7) is 2.14. The Morgan fingerprint density at radius 3 is 2.63 bits per heavy atom. The van der Waals surface area contributed by atoms with Gasteiger partial charge in [0.15, 0.2) is 0 Å². The fraction of sp³-hybridized carbons (Fsp3) is 0.400. The van der Waals surface area contributed by atoms with Crippen molar-refractivity contribution >= 4 is 26.1 Å². The van der Waals surface area contributed by atoms with Gasteiger partial charge >= 0.3 is 0 Å². The van der Waals surface area contributed by atoms with E-state index in [1.54, 1.807) is 16.8 Å². The van der Waals surface area contributed by atoms with E-state index < -0.39 is 0 Å². The summed E-state index contributed by atoms with van der Waals surface area (Å²) in [6, 6.07) is 5.20. The molecule has 1 aromatic heterocycles. The van der Waals surface area contributed by atoms with Gasteiger partial charge in [-0.1, -0.05) is 0 Å². The minimum atomic E-state index is -0.390. The maximum atomic E-state index is 14.7. The minimum absolute atomic E-state index is 0.132. The van der Waals surface area contributed by atoms with E-state index in [4.69, 9.17) is 4.74 Å². The van der Waals surface area contributed by atoms with Crippen LogP contribution in [-0.2, 0) is 4.79 Å². The number of carbonyl (C=O) groups is 1. The van der Waals surface area contributed by atoms with Crippen LogP contribution >= 0.6 is 9.24 Å². The summed E-state index contributed by atoms with van der Waals surface area (Å²) >= 11 is 0. The van der Waals surface area contributed by atoms with E-state index >= 15 is 0 Å². The van der Waals surface area contributed by atoms with Crippen LogP contribution in [0, 0.1) is 12.7 Å². The summed E-state index contributed by atoms with van der Waals surface area (Å²) in [5, 5.41) is 0.673. The molecule has 0 spiro atoms. The molecule has 2 aromatic rings. The van der Waals surface area contributed by atoms with E-state index in [0.717, 1.165) is 18.4 Å². The molecule has 2 atom stereocenters. The van der Waals surface area contributed by atoms with Gasteiger partial charge in [-0.25, -0.2) is 4.39 Å². The van der Waals surface area contributed by atoms with Gasteiger partial charge in [-0.3, -0.25) is 9.59 Å². The zero-order valence-electron chi connectivity index (χ0n) is 15.4. The maximum absolute atomic E-state index is 14.7. The smallest absolute Gasteiger partial charge is 0.275 e. The van der Waals surface area contributed by atoms with E-state index in [-0.39, 0.29) is 35.7 Å². The highest BCUT2D eigenvalue weighted by Gasteiger charge is 2.37. The summed E-state index contributed by atoms with van der Waals surface area (Å²) in [7, 11) is 4.01. The van der Waals surface area contributed by atoms with Crippen molar-refractivity contribution in [2.24, 2.45) is 0 Å². The van der Waals surface area contributed by atoms with E-state index in [9.17, 15) is 14.0 Å². The Morgan fingerprint density at radius 1 is 1.26 bits per heavy atom. The van der Waals surface area contributed by atoms with Gasteiger partial charge in [0.05, 0.1) is 7.11 Å². The molecule has 0 radical (unpaired) electrons. The Balaban J connectivity index is 1.70. The fourth-order valence-electron chi connectivity index (χ4n) is 3.88. The second-order valence-electron chi connectivity index (χ2n) is 7.31. The van der Waals surface area contributed by atoms with Gasteiger partial charge in [0.2, 0.25) is 5.91 Å². The zero-order valence-corrected chi connectivity index (χ0v) is 16.5. The van der Waals surface area contributed by atoms with Crippen molar-refractivity contribution in [2.75, 3.05) is 18.6 Å². The molecule has 2 heterocycles. The lowest BCUT2D eigenvalue weighted by atomic mass is 9.97. The summed E-state index contributed by atoms with van der Waals surface area (Å²) in [5.74, 6) is -0.398. The maximum Gasteiger partial charge on any atom is 0.275 e. The van der Waals surface area contributed by atoms with Gasteiger partial charge in [-0.15, -0.1) is 9.24 Å². The molecule has 27 heavy (non-hydrogen) atoms. The Labute approximate surface area is 159 Å². The van der Waals surface area contributed by atoms with Crippen molar-refractivity contribution in [3.63, 3.8) is 0 Å². The average molecular weight is 388 g/mol. The molecule has 1 aliphatic heterocycles. The highest BCUT2D eigenvalue weighted by molar-refractivity contribution is 7.27. The third-order valence-electron chi connectivity index (χ3n) is 5.41. The number of hydrogen-bond acceptors (Lipinski definition) is 3. The number of aromatic nitrogens is 1. The summed E-state index contributed by atoms with van der Waals surface area (Å²) in [4.78, 5) is 27.2. The van der Waals surface area contributed by atoms with Gasteiger partial charge in [-0.05, 0) is 42.8 Å². The molecule has 0 N–H and O–H groups in total. The molecule has 1 amide bonds. The number of anilines is 1. The Hall–Kier alpha value is -2.20. The molecule has 1 unspecified atom stereocenters. The third kappa shape index (κ3) is 3.16. The molecule has 2 aliphatic rings. The van der Waals surface area contributed by atoms with Crippen LogP contribution in [0.25, 0.3) is 0 Å². The lowest BCUT2D eigenvalue weighted by molar-refractivity contribution is -0.117. The Kier molecular flexibility index (Phi) is 4.55. The molecular weight excluding hydrogens is 366 g/mol.